The molecule has 1 aliphatic heterocycles. The van der Waals surface area contributed by atoms with Crippen molar-refractivity contribution in [2.45, 2.75) is 25.8 Å². The lowest BCUT2D eigenvalue weighted by Gasteiger charge is -2.23. The number of nitrogens with zero attached hydrogens (tertiary/aromatic N) is 2. The van der Waals surface area contributed by atoms with Crippen molar-refractivity contribution in [1.82, 2.24) is 15.2 Å². The average molecular weight is 420 g/mol. The van der Waals surface area contributed by atoms with Gasteiger partial charge in [-0.1, -0.05) is 25.1 Å². The van der Waals surface area contributed by atoms with E-state index >= 15 is 0 Å². The van der Waals surface area contributed by atoms with Crippen molar-refractivity contribution in [3.8, 4) is 22.8 Å². The van der Waals surface area contributed by atoms with Gasteiger partial charge in [0.25, 0.3) is 5.91 Å². The minimum Gasteiger partial charge on any atom is -0.493 e. The molecule has 1 atom stereocenters. The van der Waals surface area contributed by atoms with Gasteiger partial charge in [-0.3, -0.25) is 9.69 Å². The highest BCUT2D eigenvalue weighted by molar-refractivity contribution is 6.07. The molecule has 3 aromatic rings. The SMILES string of the molecule is CCN1CCCC1CNC(=O)c1cc(-c2ccc(OC)c(OC)c2)nc2ccccc12. The zero-order chi connectivity index (χ0) is 21.8. The minimum absolute atomic E-state index is 0.0664. The monoisotopic (exact) mass is 419 g/mol. The van der Waals surface area contributed by atoms with Gasteiger partial charge in [-0.05, 0) is 56.3 Å². The van der Waals surface area contributed by atoms with E-state index in [1.165, 1.54) is 6.42 Å². The lowest BCUT2D eigenvalue weighted by atomic mass is 10.0. The van der Waals surface area contributed by atoms with E-state index in [9.17, 15) is 4.79 Å². The highest BCUT2D eigenvalue weighted by Gasteiger charge is 2.24. The summed E-state index contributed by atoms with van der Waals surface area (Å²) in [6, 6.07) is 15.7. The number of hydrogen-bond donors (Lipinski definition) is 1. The second-order valence-corrected chi connectivity index (χ2v) is 7.78. The van der Waals surface area contributed by atoms with Crippen LogP contribution in [0.2, 0.25) is 0 Å². The zero-order valence-corrected chi connectivity index (χ0v) is 18.4. The summed E-state index contributed by atoms with van der Waals surface area (Å²) in [7, 11) is 3.22. The molecule has 31 heavy (non-hydrogen) atoms. The number of hydrogen-bond acceptors (Lipinski definition) is 5. The third-order valence-electron chi connectivity index (χ3n) is 6.04. The van der Waals surface area contributed by atoms with Gasteiger partial charge in [-0.15, -0.1) is 0 Å². The van der Waals surface area contributed by atoms with Crippen LogP contribution in [0.15, 0.2) is 48.5 Å². The molecule has 6 heteroatoms. The van der Waals surface area contributed by atoms with Crippen molar-refractivity contribution in [3.63, 3.8) is 0 Å². The first-order chi connectivity index (χ1) is 15.1. The van der Waals surface area contributed by atoms with Gasteiger partial charge in [-0.2, -0.15) is 0 Å². The number of pyridine rings is 1. The molecule has 2 heterocycles. The molecule has 4 rings (SSSR count). The largest absolute Gasteiger partial charge is 0.493 e. The highest BCUT2D eigenvalue weighted by atomic mass is 16.5. The smallest absolute Gasteiger partial charge is 0.252 e. The van der Waals surface area contributed by atoms with Crippen LogP contribution in [0, 0.1) is 0 Å². The van der Waals surface area contributed by atoms with E-state index in [0.29, 0.717) is 29.6 Å². The number of likely N-dealkylation sites (N-methyl/N-ethyl adjacent to an activating group) is 1. The quantitative estimate of drug-likeness (QED) is 0.624. The van der Waals surface area contributed by atoms with E-state index in [2.05, 4.69) is 17.1 Å². The molecule has 0 spiro atoms. The second-order valence-electron chi connectivity index (χ2n) is 7.78. The normalized spacial score (nSPS) is 16.4. The van der Waals surface area contributed by atoms with Crippen LogP contribution in [0.5, 0.6) is 11.5 Å². The fraction of sp³-hybridized carbons (Fsp3) is 0.360. The van der Waals surface area contributed by atoms with E-state index in [1.54, 1.807) is 14.2 Å². The molecule has 1 saturated heterocycles. The van der Waals surface area contributed by atoms with E-state index in [-0.39, 0.29) is 5.91 Å². The Morgan fingerprint density at radius 2 is 1.94 bits per heavy atom. The van der Waals surface area contributed by atoms with Crippen LogP contribution in [0.1, 0.15) is 30.1 Å². The minimum atomic E-state index is -0.0664. The molecule has 1 aliphatic rings. The Morgan fingerprint density at radius 3 is 2.71 bits per heavy atom. The number of rotatable bonds is 7. The van der Waals surface area contributed by atoms with Crippen LogP contribution in [0.4, 0.5) is 0 Å². The first-order valence-corrected chi connectivity index (χ1v) is 10.8. The Balaban J connectivity index is 1.67. The van der Waals surface area contributed by atoms with Gasteiger partial charge in [0, 0.05) is 23.5 Å². The molecule has 1 fully saturated rings. The number of ether oxygens (including phenoxy) is 2. The summed E-state index contributed by atoms with van der Waals surface area (Å²) < 4.78 is 10.8. The maximum absolute atomic E-state index is 13.2. The van der Waals surface area contributed by atoms with Crippen LogP contribution < -0.4 is 14.8 Å². The van der Waals surface area contributed by atoms with Crippen LogP contribution >= 0.6 is 0 Å². The van der Waals surface area contributed by atoms with Gasteiger partial charge >= 0.3 is 0 Å². The predicted octanol–water partition coefficient (Wildman–Crippen LogP) is 4.13. The fourth-order valence-corrected chi connectivity index (χ4v) is 4.36. The van der Waals surface area contributed by atoms with Crippen LogP contribution in [-0.4, -0.2) is 55.7 Å². The molecule has 2 aromatic carbocycles. The third-order valence-corrected chi connectivity index (χ3v) is 6.04. The summed E-state index contributed by atoms with van der Waals surface area (Å²) in [4.78, 5) is 20.4. The molecular formula is C25H29N3O3. The van der Waals surface area contributed by atoms with Crippen molar-refractivity contribution in [3.05, 3.63) is 54.1 Å². The molecule has 1 N–H and O–H groups in total. The number of para-hydroxylation sites is 1. The van der Waals surface area contributed by atoms with Crippen molar-refractivity contribution < 1.29 is 14.3 Å². The summed E-state index contributed by atoms with van der Waals surface area (Å²) >= 11 is 0. The van der Waals surface area contributed by atoms with Crippen LogP contribution in [-0.2, 0) is 0 Å². The number of fused-ring (bicyclic) bond motifs is 1. The van der Waals surface area contributed by atoms with Gasteiger partial charge in [0.1, 0.15) is 0 Å². The van der Waals surface area contributed by atoms with Gasteiger partial charge in [0.15, 0.2) is 11.5 Å². The topological polar surface area (TPSA) is 63.7 Å². The number of carbonyl (C=O) groups is 1. The van der Waals surface area contributed by atoms with Crippen molar-refractivity contribution in [2.75, 3.05) is 33.9 Å². The number of aromatic nitrogens is 1. The standard InChI is InChI=1S/C25H29N3O3/c1-4-28-13-7-8-18(28)16-26-25(29)20-15-22(27-21-10-6-5-9-19(20)21)17-11-12-23(30-2)24(14-17)31-3/h5-6,9-12,14-15,18H,4,7-8,13,16H2,1-3H3,(H,26,29). The number of carbonyl (C=O) groups excluding carboxylic acids is 1. The predicted molar refractivity (Wildman–Crippen MR) is 123 cm³/mol. The summed E-state index contributed by atoms with van der Waals surface area (Å²) in [5.74, 6) is 1.21. The maximum atomic E-state index is 13.2. The van der Waals surface area contributed by atoms with E-state index in [4.69, 9.17) is 14.5 Å². The number of methoxy groups -OCH3 is 2. The second kappa shape index (κ2) is 9.35. The molecule has 0 saturated carbocycles. The lowest BCUT2D eigenvalue weighted by Crippen LogP contribution is -2.40. The molecule has 1 unspecified atom stereocenters. The third kappa shape index (κ3) is 4.35. The summed E-state index contributed by atoms with van der Waals surface area (Å²) in [6.07, 6.45) is 2.32. The molecule has 162 valence electrons. The Kier molecular flexibility index (Phi) is 6.37. The molecular weight excluding hydrogens is 390 g/mol. The van der Waals surface area contributed by atoms with Crippen molar-refractivity contribution in [1.29, 1.82) is 0 Å². The van der Waals surface area contributed by atoms with Gasteiger partial charge in [-0.25, -0.2) is 4.98 Å². The highest BCUT2D eigenvalue weighted by Crippen LogP contribution is 2.33. The van der Waals surface area contributed by atoms with Crippen molar-refractivity contribution >= 4 is 16.8 Å². The zero-order valence-electron chi connectivity index (χ0n) is 18.4. The number of amides is 1. The Labute approximate surface area is 183 Å². The van der Waals surface area contributed by atoms with E-state index < -0.39 is 0 Å². The van der Waals surface area contributed by atoms with Crippen LogP contribution in [0.25, 0.3) is 22.2 Å². The number of nitrogens with one attached hydrogen (secondary N) is 1. The summed E-state index contributed by atoms with van der Waals surface area (Å²) in [6.45, 7) is 4.96. The summed E-state index contributed by atoms with van der Waals surface area (Å²) in [5, 5.41) is 4.01. The fourth-order valence-electron chi connectivity index (χ4n) is 4.36. The van der Waals surface area contributed by atoms with Gasteiger partial charge < -0.3 is 14.8 Å². The van der Waals surface area contributed by atoms with Crippen molar-refractivity contribution in [2.24, 2.45) is 0 Å². The van der Waals surface area contributed by atoms with Gasteiger partial charge in [0.05, 0.1) is 31.0 Å². The first kappa shape index (κ1) is 21.1. The molecule has 0 bridgehead atoms. The molecule has 1 amide bonds. The summed E-state index contributed by atoms with van der Waals surface area (Å²) in [5.41, 5.74) is 3.01. The Morgan fingerprint density at radius 1 is 1.13 bits per heavy atom. The number of likely N-dealkylation sites (tertiary alicyclic amines) is 1. The maximum Gasteiger partial charge on any atom is 0.252 e. The van der Waals surface area contributed by atoms with Gasteiger partial charge in [0.2, 0.25) is 0 Å². The Bertz CT molecular complexity index is 1080. The molecule has 0 radical (unpaired) electrons. The van der Waals surface area contributed by atoms with E-state index in [0.717, 1.165) is 41.7 Å². The molecule has 6 nitrogen and oxygen atoms in total. The molecule has 0 aliphatic carbocycles. The first-order valence-electron chi connectivity index (χ1n) is 10.8. The Hall–Kier alpha value is -3.12. The van der Waals surface area contributed by atoms with E-state index in [1.807, 2.05) is 48.5 Å². The molecule has 1 aromatic heterocycles. The lowest BCUT2D eigenvalue weighted by molar-refractivity contribution is 0.0943. The van der Waals surface area contributed by atoms with Crippen LogP contribution in [0.3, 0.4) is 0 Å². The average Bonchev–Trinajstić information content (AvgIpc) is 3.29. The number of benzene rings is 2.